The monoisotopic (exact) mass is 350 g/mol. The summed E-state index contributed by atoms with van der Waals surface area (Å²) in [5.41, 5.74) is 8.47. The van der Waals surface area contributed by atoms with Gasteiger partial charge in [-0.3, -0.25) is 0 Å². The van der Waals surface area contributed by atoms with Gasteiger partial charge in [-0.25, -0.2) is 4.79 Å². The van der Waals surface area contributed by atoms with Crippen LogP contribution in [0, 0.1) is 0 Å². The van der Waals surface area contributed by atoms with Crippen LogP contribution in [0.5, 0.6) is 0 Å². The maximum Gasteiger partial charge on any atom is 0.336 e. The molecule has 0 amide bonds. The Morgan fingerprint density at radius 2 is 2.12 bits per heavy atom. The Balaban J connectivity index is 2.45. The molecule has 130 valence electrons. The number of carbonyl (C=O) groups is 1. The van der Waals surface area contributed by atoms with Crippen LogP contribution in [0.4, 0.5) is 0 Å². The van der Waals surface area contributed by atoms with E-state index in [0.29, 0.717) is 36.1 Å². The zero-order valence-corrected chi connectivity index (χ0v) is 14.7. The Labute approximate surface area is 147 Å². The molecule has 0 aromatic heterocycles. The third kappa shape index (κ3) is 4.38. The predicted octanol–water partition coefficient (Wildman–Crippen LogP) is 2.72. The SMILES string of the molecule is CCOC(=O)C1=C(COCCN)NC(C)=CC1c1ccccc1Cl. The van der Waals surface area contributed by atoms with E-state index in [2.05, 4.69) is 5.32 Å². The van der Waals surface area contributed by atoms with Crippen molar-refractivity contribution >= 4 is 17.6 Å². The molecule has 0 saturated heterocycles. The summed E-state index contributed by atoms with van der Waals surface area (Å²) in [5, 5.41) is 3.82. The Morgan fingerprint density at radius 3 is 2.79 bits per heavy atom. The highest BCUT2D eigenvalue weighted by Gasteiger charge is 2.30. The zero-order chi connectivity index (χ0) is 17.5. The highest BCUT2D eigenvalue weighted by atomic mass is 35.5. The second kappa shape index (κ2) is 8.87. The molecule has 5 nitrogen and oxygen atoms in total. The second-order valence-electron chi connectivity index (χ2n) is 5.43. The van der Waals surface area contributed by atoms with Crippen LogP contribution in [-0.2, 0) is 14.3 Å². The van der Waals surface area contributed by atoms with E-state index in [9.17, 15) is 4.79 Å². The van der Waals surface area contributed by atoms with Gasteiger partial charge in [0, 0.05) is 23.2 Å². The summed E-state index contributed by atoms with van der Waals surface area (Å²) in [6.07, 6.45) is 1.97. The first-order chi connectivity index (χ1) is 11.6. The van der Waals surface area contributed by atoms with Gasteiger partial charge in [-0.2, -0.15) is 0 Å². The molecule has 1 unspecified atom stereocenters. The minimum absolute atomic E-state index is 0.261. The number of hydrogen-bond acceptors (Lipinski definition) is 5. The van der Waals surface area contributed by atoms with Gasteiger partial charge in [0.05, 0.1) is 31.1 Å². The minimum Gasteiger partial charge on any atom is -0.463 e. The molecule has 1 atom stereocenters. The number of carbonyl (C=O) groups excluding carboxylic acids is 1. The predicted molar refractivity (Wildman–Crippen MR) is 94.6 cm³/mol. The van der Waals surface area contributed by atoms with E-state index in [-0.39, 0.29) is 18.5 Å². The van der Waals surface area contributed by atoms with E-state index in [1.165, 1.54) is 0 Å². The molecule has 0 saturated carbocycles. The lowest BCUT2D eigenvalue weighted by Gasteiger charge is -2.27. The molecular formula is C18H23ClN2O3. The van der Waals surface area contributed by atoms with Crippen molar-refractivity contribution in [3.8, 4) is 0 Å². The van der Waals surface area contributed by atoms with E-state index < -0.39 is 0 Å². The van der Waals surface area contributed by atoms with Crippen molar-refractivity contribution in [2.24, 2.45) is 5.73 Å². The Hall–Kier alpha value is -1.82. The normalized spacial score (nSPS) is 17.3. The van der Waals surface area contributed by atoms with Crippen LogP contribution < -0.4 is 11.1 Å². The van der Waals surface area contributed by atoms with Crippen molar-refractivity contribution in [1.82, 2.24) is 5.32 Å². The number of nitrogens with one attached hydrogen (secondary N) is 1. The number of halogens is 1. The van der Waals surface area contributed by atoms with Crippen molar-refractivity contribution in [2.45, 2.75) is 19.8 Å². The van der Waals surface area contributed by atoms with Gasteiger partial charge in [0.2, 0.25) is 0 Å². The van der Waals surface area contributed by atoms with Crippen LogP contribution in [0.15, 0.2) is 47.3 Å². The van der Waals surface area contributed by atoms with Crippen LogP contribution >= 0.6 is 11.6 Å². The van der Waals surface area contributed by atoms with Gasteiger partial charge < -0.3 is 20.5 Å². The molecule has 1 aromatic carbocycles. The lowest BCUT2D eigenvalue weighted by atomic mass is 9.86. The molecular weight excluding hydrogens is 328 g/mol. The van der Waals surface area contributed by atoms with Crippen molar-refractivity contribution in [3.05, 3.63) is 57.9 Å². The Kier molecular flexibility index (Phi) is 6.85. The van der Waals surface area contributed by atoms with Gasteiger partial charge in [0.25, 0.3) is 0 Å². The highest BCUT2D eigenvalue weighted by Crippen LogP contribution is 2.36. The highest BCUT2D eigenvalue weighted by molar-refractivity contribution is 6.31. The van der Waals surface area contributed by atoms with E-state index in [1.807, 2.05) is 37.3 Å². The molecule has 1 aliphatic heterocycles. The van der Waals surface area contributed by atoms with Crippen molar-refractivity contribution < 1.29 is 14.3 Å². The fourth-order valence-corrected chi connectivity index (χ4v) is 2.92. The summed E-state index contributed by atoms with van der Waals surface area (Å²) in [6.45, 7) is 5.12. The number of nitrogens with two attached hydrogens (primary N) is 1. The lowest BCUT2D eigenvalue weighted by molar-refractivity contribution is -0.138. The van der Waals surface area contributed by atoms with Crippen LogP contribution in [0.3, 0.4) is 0 Å². The molecule has 1 heterocycles. The summed E-state index contributed by atoms with van der Waals surface area (Å²) in [4.78, 5) is 12.6. The molecule has 6 heteroatoms. The summed E-state index contributed by atoms with van der Waals surface area (Å²) in [6, 6.07) is 7.50. The molecule has 0 spiro atoms. The number of dihydropyridines is 1. The van der Waals surface area contributed by atoms with Gasteiger partial charge >= 0.3 is 5.97 Å². The summed E-state index contributed by atoms with van der Waals surface area (Å²) in [7, 11) is 0. The third-order valence-electron chi connectivity index (χ3n) is 3.65. The maximum absolute atomic E-state index is 12.6. The topological polar surface area (TPSA) is 73.6 Å². The molecule has 0 fully saturated rings. The number of benzene rings is 1. The zero-order valence-electron chi connectivity index (χ0n) is 14.0. The van der Waals surface area contributed by atoms with E-state index >= 15 is 0 Å². The van der Waals surface area contributed by atoms with Gasteiger partial charge in [0.15, 0.2) is 0 Å². The standard InChI is InChI=1S/C18H23ClN2O3/c1-3-24-18(22)17-14(13-6-4-5-7-15(13)19)10-12(2)21-16(17)11-23-9-8-20/h4-7,10,14,21H,3,8-9,11,20H2,1-2H3. The molecule has 0 radical (unpaired) electrons. The molecule has 24 heavy (non-hydrogen) atoms. The van der Waals surface area contributed by atoms with Gasteiger partial charge in [0.1, 0.15) is 0 Å². The van der Waals surface area contributed by atoms with Crippen LogP contribution in [0.2, 0.25) is 5.02 Å². The number of allylic oxidation sites excluding steroid dienone is 2. The van der Waals surface area contributed by atoms with Crippen molar-refractivity contribution in [3.63, 3.8) is 0 Å². The van der Waals surface area contributed by atoms with E-state index in [4.69, 9.17) is 26.8 Å². The first-order valence-electron chi connectivity index (χ1n) is 7.96. The third-order valence-corrected chi connectivity index (χ3v) is 3.99. The van der Waals surface area contributed by atoms with Crippen LogP contribution in [0.1, 0.15) is 25.3 Å². The largest absolute Gasteiger partial charge is 0.463 e. The number of esters is 1. The Morgan fingerprint density at radius 1 is 1.38 bits per heavy atom. The van der Waals surface area contributed by atoms with E-state index in [0.717, 1.165) is 11.3 Å². The summed E-state index contributed by atoms with van der Waals surface area (Å²) < 4.78 is 10.8. The van der Waals surface area contributed by atoms with Crippen LogP contribution in [0.25, 0.3) is 0 Å². The first-order valence-corrected chi connectivity index (χ1v) is 8.34. The van der Waals surface area contributed by atoms with Crippen molar-refractivity contribution in [2.75, 3.05) is 26.4 Å². The van der Waals surface area contributed by atoms with E-state index in [1.54, 1.807) is 6.92 Å². The van der Waals surface area contributed by atoms with Gasteiger partial charge in [-0.05, 0) is 25.5 Å². The van der Waals surface area contributed by atoms with Crippen LogP contribution in [-0.4, -0.2) is 32.3 Å². The molecule has 1 aliphatic rings. The fraction of sp³-hybridized carbons (Fsp3) is 0.389. The smallest absolute Gasteiger partial charge is 0.336 e. The molecule has 0 bridgehead atoms. The molecule has 0 aliphatic carbocycles. The Bertz CT molecular complexity index is 655. The van der Waals surface area contributed by atoms with Crippen molar-refractivity contribution in [1.29, 1.82) is 0 Å². The maximum atomic E-state index is 12.6. The summed E-state index contributed by atoms with van der Waals surface area (Å²) >= 11 is 6.35. The lowest BCUT2D eigenvalue weighted by Crippen LogP contribution is -2.29. The number of ether oxygens (including phenoxy) is 2. The van der Waals surface area contributed by atoms with Gasteiger partial charge in [-0.15, -0.1) is 0 Å². The number of rotatable bonds is 7. The average Bonchev–Trinajstić information content (AvgIpc) is 2.55. The molecule has 3 N–H and O–H groups in total. The fourth-order valence-electron chi connectivity index (χ4n) is 2.67. The quantitative estimate of drug-likeness (QED) is 0.584. The average molecular weight is 351 g/mol. The second-order valence-corrected chi connectivity index (χ2v) is 5.84. The minimum atomic E-state index is -0.370. The van der Waals surface area contributed by atoms with Gasteiger partial charge in [-0.1, -0.05) is 35.9 Å². The molecule has 2 rings (SSSR count). The summed E-state index contributed by atoms with van der Waals surface area (Å²) in [5.74, 6) is -0.652. The number of hydrogen-bond donors (Lipinski definition) is 2. The first kappa shape index (κ1) is 18.5. The molecule has 1 aromatic rings.